The van der Waals surface area contributed by atoms with Crippen LogP contribution < -0.4 is 0 Å². The van der Waals surface area contributed by atoms with Gasteiger partial charge in [0.05, 0.1) is 10.6 Å². The Labute approximate surface area is 146 Å². The third-order valence-electron chi connectivity index (χ3n) is 4.36. The van der Waals surface area contributed by atoms with Crippen molar-refractivity contribution in [2.75, 3.05) is 7.05 Å². The lowest BCUT2D eigenvalue weighted by atomic mass is 10.1. The van der Waals surface area contributed by atoms with Crippen LogP contribution in [0.3, 0.4) is 0 Å². The van der Waals surface area contributed by atoms with Gasteiger partial charge in [0.15, 0.2) is 0 Å². The van der Waals surface area contributed by atoms with E-state index in [1.807, 2.05) is 42.2 Å². The molecule has 2 aromatic carbocycles. The number of aromatic nitrogens is 2. The summed E-state index contributed by atoms with van der Waals surface area (Å²) in [6, 6.07) is 17.0. The van der Waals surface area contributed by atoms with Crippen molar-refractivity contribution in [1.29, 1.82) is 0 Å². The molecular weight excluding hydrogens is 316 g/mol. The molecule has 0 radical (unpaired) electrons. The van der Waals surface area contributed by atoms with E-state index in [1.165, 1.54) is 11.6 Å². The Morgan fingerprint density at radius 3 is 2.60 bits per heavy atom. The second-order valence-electron chi connectivity index (χ2n) is 6.06. The molecule has 6 heteroatoms. The van der Waals surface area contributed by atoms with Crippen LogP contribution in [-0.2, 0) is 6.54 Å². The number of non-ortho nitro benzene ring substituents is 1. The fourth-order valence-corrected chi connectivity index (χ4v) is 2.75. The van der Waals surface area contributed by atoms with Crippen LogP contribution in [0.5, 0.6) is 0 Å². The smallest absolute Gasteiger partial charge is 0.269 e. The van der Waals surface area contributed by atoms with Gasteiger partial charge in [-0.15, -0.1) is 0 Å². The van der Waals surface area contributed by atoms with Crippen LogP contribution in [0.1, 0.15) is 24.1 Å². The molecule has 0 saturated heterocycles. The maximum atomic E-state index is 11.0. The van der Waals surface area contributed by atoms with Crippen LogP contribution in [0.25, 0.3) is 5.69 Å². The standard InChI is InChI=1S/C19H20N4O2/c1-15(17-5-3-6-19(13-17)23(24)25)21(2)14-16-7-9-18(10-8-16)22-12-4-11-20-22/h3-13,15H,14H2,1-2H3/t15-/m0/s1. The summed E-state index contributed by atoms with van der Waals surface area (Å²) >= 11 is 0. The summed E-state index contributed by atoms with van der Waals surface area (Å²) in [6.07, 6.45) is 3.66. The van der Waals surface area contributed by atoms with Crippen molar-refractivity contribution in [3.63, 3.8) is 0 Å². The summed E-state index contributed by atoms with van der Waals surface area (Å²) in [5.41, 5.74) is 3.25. The van der Waals surface area contributed by atoms with Gasteiger partial charge in [-0.25, -0.2) is 4.68 Å². The molecule has 0 bridgehead atoms. The lowest BCUT2D eigenvalue weighted by Gasteiger charge is -2.25. The van der Waals surface area contributed by atoms with Gasteiger partial charge in [0.25, 0.3) is 5.69 Å². The average molecular weight is 336 g/mol. The normalized spacial score (nSPS) is 12.3. The summed E-state index contributed by atoms with van der Waals surface area (Å²) in [6.45, 7) is 2.81. The highest BCUT2D eigenvalue weighted by Gasteiger charge is 2.15. The van der Waals surface area contributed by atoms with E-state index in [9.17, 15) is 10.1 Å². The number of nitro benzene ring substituents is 1. The van der Waals surface area contributed by atoms with Crippen LogP contribution in [0, 0.1) is 10.1 Å². The molecule has 0 aliphatic rings. The number of nitrogens with zero attached hydrogens (tertiary/aromatic N) is 4. The van der Waals surface area contributed by atoms with Gasteiger partial charge in [-0.05, 0) is 43.3 Å². The Morgan fingerprint density at radius 1 is 1.20 bits per heavy atom. The lowest BCUT2D eigenvalue weighted by Crippen LogP contribution is -2.22. The van der Waals surface area contributed by atoms with Gasteiger partial charge < -0.3 is 0 Å². The highest BCUT2D eigenvalue weighted by molar-refractivity contribution is 5.36. The Hall–Kier alpha value is -2.99. The van der Waals surface area contributed by atoms with E-state index in [0.29, 0.717) is 0 Å². The summed E-state index contributed by atoms with van der Waals surface area (Å²) < 4.78 is 1.82. The minimum Gasteiger partial charge on any atom is -0.295 e. The third-order valence-corrected chi connectivity index (χ3v) is 4.36. The molecule has 0 fully saturated rings. The van der Waals surface area contributed by atoms with Crippen molar-refractivity contribution in [3.8, 4) is 5.69 Å². The van der Waals surface area contributed by atoms with E-state index < -0.39 is 0 Å². The first-order chi connectivity index (χ1) is 12.0. The molecular formula is C19H20N4O2. The molecule has 0 aliphatic carbocycles. The quantitative estimate of drug-likeness (QED) is 0.504. The van der Waals surface area contributed by atoms with Crippen molar-refractivity contribution >= 4 is 5.69 Å². The first kappa shape index (κ1) is 16.9. The summed E-state index contributed by atoms with van der Waals surface area (Å²) in [7, 11) is 2.02. The van der Waals surface area contributed by atoms with Crippen LogP contribution in [-0.4, -0.2) is 26.7 Å². The molecule has 3 rings (SSSR count). The minimum absolute atomic E-state index is 0.0747. The molecule has 3 aromatic rings. The molecule has 0 unspecified atom stereocenters. The summed E-state index contributed by atoms with van der Waals surface area (Å²) in [4.78, 5) is 12.8. The number of benzene rings is 2. The van der Waals surface area contributed by atoms with Crippen LogP contribution >= 0.6 is 0 Å². The van der Waals surface area contributed by atoms with Gasteiger partial charge in [0.1, 0.15) is 0 Å². The van der Waals surface area contributed by atoms with Gasteiger partial charge >= 0.3 is 0 Å². The van der Waals surface area contributed by atoms with Gasteiger partial charge in [-0.1, -0.05) is 24.3 Å². The van der Waals surface area contributed by atoms with Crippen LogP contribution in [0.4, 0.5) is 5.69 Å². The number of hydrogen-bond donors (Lipinski definition) is 0. The fraction of sp³-hybridized carbons (Fsp3) is 0.211. The van der Waals surface area contributed by atoms with E-state index in [1.54, 1.807) is 18.3 Å². The highest BCUT2D eigenvalue weighted by Crippen LogP contribution is 2.24. The van der Waals surface area contributed by atoms with Gasteiger partial charge in [-0.2, -0.15) is 5.10 Å². The van der Waals surface area contributed by atoms with E-state index in [4.69, 9.17) is 0 Å². The van der Waals surface area contributed by atoms with Crippen molar-refractivity contribution in [3.05, 3.63) is 88.2 Å². The molecule has 1 aromatic heterocycles. The zero-order chi connectivity index (χ0) is 17.8. The van der Waals surface area contributed by atoms with E-state index >= 15 is 0 Å². The van der Waals surface area contributed by atoms with Crippen molar-refractivity contribution in [1.82, 2.24) is 14.7 Å². The molecule has 0 amide bonds. The summed E-state index contributed by atoms with van der Waals surface area (Å²) in [5, 5.41) is 15.2. The topological polar surface area (TPSA) is 64.2 Å². The number of hydrogen-bond acceptors (Lipinski definition) is 4. The van der Waals surface area contributed by atoms with E-state index in [0.717, 1.165) is 17.8 Å². The molecule has 6 nitrogen and oxygen atoms in total. The molecule has 1 heterocycles. The van der Waals surface area contributed by atoms with Crippen molar-refractivity contribution in [2.24, 2.45) is 0 Å². The predicted molar refractivity (Wildman–Crippen MR) is 96.5 cm³/mol. The predicted octanol–water partition coefficient (Wildman–Crippen LogP) is 3.97. The van der Waals surface area contributed by atoms with Gasteiger partial charge in [-0.3, -0.25) is 15.0 Å². The van der Waals surface area contributed by atoms with E-state index in [-0.39, 0.29) is 16.7 Å². The summed E-state index contributed by atoms with van der Waals surface area (Å²) in [5.74, 6) is 0. The molecule has 0 spiro atoms. The first-order valence-electron chi connectivity index (χ1n) is 8.08. The molecule has 0 aliphatic heterocycles. The Morgan fingerprint density at radius 2 is 1.96 bits per heavy atom. The first-order valence-corrected chi connectivity index (χ1v) is 8.08. The molecule has 1 atom stereocenters. The molecule has 128 valence electrons. The fourth-order valence-electron chi connectivity index (χ4n) is 2.75. The monoisotopic (exact) mass is 336 g/mol. The molecule has 0 saturated carbocycles. The maximum absolute atomic E-state index is 11.0. The zero-order valence-corrected chi connectivity index (χ0v) is 14.2. The largest absolute Gasteiger partial charge is 0.295 e. The minimum atomic E-state index is -0.357. The highest BCUT2D eigenvalue weighted by atomic mass is 16.6. The average Bonchev–Trinajstić information content (AvgIpc) is 3.16. The number of nitro groups is 1. The second kappa shape index (κ2) is 7.27. The third kappa shape index (κ3) is 3.92. The molecule has 0 N–H and O–H groups in total. The van der Waals surface area contributed by atoms with Crippen LogP contribution in [0.2, 0.25) is 0 Å². The second-order valence-corrected chi connectivity index (χ2v) is 6.06. The van der Waals surface area contributed by atoms with Crippen molar-refractivity contribution in [2.45, 2.75) is 19.5 Å². The maximum Gasteiger partial charge on any atom is 0.269 e. The zero-order valence-electron chi connectivity index (χ0n) is 14.2. The van der Waals surface area contributed by atoms with Gasteiger partial charge in [0, 0.05) is 37.1 Å². The Balaban J connectivity index is 1.70. The van der Waals surface area contributed by atoms with Crippen LogP contribution in [0.15, 0.2) is 67.0 Å². The number of rotatable bonds is 6. The van der Waals surface area contributed by atoms with E-state index in [2.05, 4.69) is 29.1 Å². The van der Waals surface area contributed by atoms with Gasteiger partial charge in [0.2, 0.25) is 0 Å². The molecule has 25 heavy (non-hydrogen) atoms. The Bertz CT molecular complexity index is 844. The Kier molecular flexibility index (Phi) is 4.90. The SMILES string of the molecule is C[C@@H](c1cccc([N+](=O)[O-])c1)N(C)Cc1ccc(-n2cccn2)cc1. The van der Waals surface area contributed by atoms with Crippen molar-refractivity contribution < 1.29 is 4.92 Å². The lowest BCUT2D eigenvalue weighted by molar-refractivity contribution is -0.384.